The molecule has 0 aromatic heterocycles. The van der Waals surface area contributed by atoms with Crippen LogP contribution in [-0.4, -0.2) is 53.1 Å². The first-order valence-corrected chi connectivity index (χ1v) is 10.0. The Bertz CT molecular complexity index is 937. The van der Waals surface area contributed by atoms with Crippen LogP contribution in [0.1, 0.15) is 33.8 Å². The highest BCUT2D eigenvalue weighted by Gasteiger charge is 2.37. The average molecular weight is 485 g/mol. The fraction of sp³-hybridized carbons (Fsp3) is 0.333. The van der Waals surface area contributed by atoms with Crippen LogP contribution in [0.5, 0.6) is 0 Å². The number of likely N-dealkylation sites (tertiary alicyclic amines) is 1. The molecule has 1 aliphatic rings. The highest BCUT2D eigenvalue weighted by Crippen LogP contribution is 2.34. The third-order valence-corrected chi connectivity index (χ3v) is 5.82. The summed E-state index contributed by atoms with van der Waals surface area (Å²) >= 11 is 3.05. The van der Waals surface area contributed by atoms with Gasteiger partial charge in [0.05, 0.1) is 5.56 Å². The van der Waals surface area contributed by atoms with Gasteiger partial charge in [0, 0.05) is 42.1 Å². The van der Waals surface area contributed by atoms with Crippen molar-refractivity contribution in [1.82, 2.24) is 9.80 Å². The van der Waals surface area contributed by atoms with Crippen molar-refractivity contribution in [2.24, 2.45) is 0 Å². The number of carboxylic acid groups (broad SMARTS) is 1. The lowest BCUT2D eigenvalue weighted by Gasteiger charge is -2.42. The van der Waals surface area contributed by atoms with Gasteiger partial charge in [-0.25, -0.2) is 4.79 Å². The molecule has 1 saturated heterocycles. The molecule has 2 atom stereocenters. The Hall–Kier alpha value is -2.55. The highest BCUT2D eigenvalue weighted by atomic mass is 79.9. The van der Waals surface area contributed by atoms with Crippen molar-refractivity contribution in [3.05, 3.63) is 69.7 Å². The van der Waals surface area contributed by atoms with Gasteiger partial charge in [-0.3, -0.25) is 4.79 Å². The maximum Gasteiger partial charge on any atom is 0.416 e. The van der Waals surface area contributed by atoms with Gasteiger partial charge in [0.2, 0.25) is 0 Å². The van der Waals surface area contributed by atoms with Crippen molar-refractivity contribution in [2.45, 2.75) is 24.6 Å². The van der Waals surface area contributed by atoms with E-state index in [-0.39, 0.29) is 35.1 Å². The summed E-state index contributed by atoms with van der Waals surface area (Å²) in [6.45, 7) is 0.446. The number of carbonyl (C=O) groups is 2. The Labute approximate surface area is 180 Å². The number of piperidine rings is 1. The van der Waals surface area contributed by atoms with E-state index in [9.17, 15) is 27.9 Å². The Morgan fingerprint density at radius 1 is 1.17 bits per heavy atom. The summed E-state index contributed by atoms with van der Waals surface area (Å²) in [6, 6.07) is 12.0. The largest absolute Gasteiger partial charge is 0.465 e. The molecule has 2 aromatic carbocycles. The van der Waals surface area contributed by atoms with Crippen molar-refractivity contribution in [3.8, 4) is 0 Å². The van der Waals surface area contributed by atoms with E-state index in [0.29, 0.717) is 6.42 Å². The summed E-state index contributed by atoms with van der Waals surface area (Å²) < 4.78 is 39.6. The zero-order chi connectivity index (χ0) is 22.1. The number of rotatable bonds is 3. The van der Waals surface area contributed by atoms with E-state index in [1.54, 1.807) is 7.05 Å². The molecule has 3 rings (SSSR count). The summed E-state index contributed by atoms with van der Waals surface area (Å²) in [5, 5.41) is 9.39. The Morgan fingerprint density at radius 3 is 2.43 bits per heavy atom. The van der Waals surface area contributed by atoms with Gasteiger partial charge in [-0.15, -0.1) is 0 Å². The van der Waals surface area contributed by atoms with Gasteiger partial charge in [0.1, 0.15) is 0 Å². The topological polar surface area (TPSA) is 60.9 Å². The van der Waals surface area contributed by atoms with Gasteiger partial charge in [-0.2, -0.15) is 13.2 Å². The van der Waals surface area contributed by atoms with Crippen LogP contribution in [0.4, 0.5) is 18.0 Å². The van der Waals surface area contributed by atoms with E-state index in [4.69, 9.17) is 0 Å². The van der Waals surface area contributed by atoms with Crippen LogP contribution in [-0.2, 0) is 6.18 Å². The fourth-order valence-electron chi connectivity index (χ4n) is 3.84. The smallest absolute Gasteiger partial charge is 0.416 e. The Balaban J connectivity index is 1.92. The van der Waals surface area contributed by atoms with E-state index < -0.39 is 23.7 Å². The van der Waals surface area contributed by atoms with Crippen molar-refractivity contribution >= 4 is 27.9 Å². The fourth-order valence-corrected chi connectivity index (χ4v) is 4.33. The van der Waals surface area contributed by atoms with E-state index in [1.165, 1.54) is 15.9 Å². The molecular formula is C21H20BrF3N2O3. The molecule has 0 bridgehead atoms. The van der Waals surface area contributed by atoms with Gasteiger partial charge < -0.3 is 14.9 Å². The maximum atomic E-state index is 13.2. The number of hydrogen-bond acceptors (Lipinski definition) is 2. The van der Waals surface area contributed by atoms with Gasteiger partial charge in [-0.1, -0.05) is 46.3 Å². The highest BCUT2D eigenvalue weighted by molar-refractivity contribution is 9.10. The quantitative estimate of drug-likeness (QED) is 0.660. The minimum absolute atomic E-state index is 0.0772. The standard InChI is InChI=1S/C21H20BrF3N2O3/c1-26(19(28)14-9-15(21(23,24)25)11-16(22)10-14)18-7-8-27(20(29)30)12-17(18)13-5-3-2-4-6-13/h2-6,9-11,17-18H,7-8,12H2,1H3,(H,29,30). The lowest BCUT2D eigenvalue weighted by atomic mass is 9.85. The average Bonchev–Trinajstić information content (AvgIpc) is 2.71. The second-order valence-corrected chi connectivity index (χ2v) is 8.16. The first-order chi connectivity index (χ1) is 14.1. The summed E-state index contributed by atoms with van der Waals surface area (Å²) in [7, 11) is 1.55. The number of hydrogen-bond donors (Lipinski definition) is 1. The van der Waals surface area contributed by atoms with Crippen molar-refractivity contribution in [3.63, 3.8) is 0 Å². The molecule has 1 fully saturated rings. The molecule has 160 valence electrons. The Kier molecular flexibility index (Phi) is 6.40. The monoisotopic (exact) mass is 484 g/mol. The molecule has 2 amide bonds. The summed E-state index contributed by atoms with van der Waals surface area (Å²) in [6.07, 6.45) is -5.23. The van der Waals surface area contributed by atoms with E-state index in [2.05, 4.69) is 15.9 Å². The molecule has 2 aromatic rings. The summed E-state index contributed by atoms with van der Waals surface area (Å²) in [5.74, 6) is -0.837. The molecule has 1 aliphatic heterocycles. The number of carbonyl (C=O) groups excluding carboxylic acids is 1. The third kappa shape index (κ3) is 4.77. The second-order valence-electron chi connectivity index (χ2n) is 7.24. The van der Waals surface area contributed by atoms with Gasteiger partial charge in [0.15, 0.2) is 0 Å². The predicted octanol–water partition coefficient (Wildman–Crippen LogP) is 5.08. The zero-order valence-corrected chi connectivity index (χ0v) is 17.7. The Morgan fingerprint density at radius 2 is 1.83 bits per heavy atom. The lowest BCUT2D eigenvalue weighted by Crippen LogP contribution is -2.51. The molecule has 0 saturated carbocycles. The van der Waals surface area contributed by atoms with E-state index in [0.717, 1.165) is 17.7 Å². The van der Waals surface area contributed by atoms with Crippen LogP contribution in [0.2, 0.25) is 0 Å². The van der Waals surface area contributed by atoms with Crippen molar-refractivity contribution < 1.29 is 27.9 Å². The number of halogens is 4. The summed E-state index contributed by atoms with van der Waals surface area (Å²) in [4.78, 5) is 27.3. The molecule has 30 heavy (non-hydrogen) atoms. The minimum atomic E-state index is -4.57. The first-order valence-electron chi connectivity index (χ1n) is 9.25. The molecular weight excluding hydrogens is 465 g/mol. The number of likely N-dealkylation sites (N-methyl/N-ethyl adjacent to an activating group) is 1. The molecule has 1 heterocycles. The van der Waals surface area contributed by atoms with Crippen molar-refractivity contribution in [1.29, 1.82) is 0 Å². The molecule has 0 spiro atoms. The molecule has 1 N–H and O–H groups in total. The van der Waals surface area contributed by atoms with Gasteiger partial charge >= 0.3 is 12.3 Å². The molecule has 9 heteroatoms. The number of benzene rings is 2. The van der Waals surface area contributed by atoms with Crippen LogP contribution in [0, 0.1) is 0 Å². The van der Waals surface area contributed by atoms with Gasteiger partial charge in [0.25, 0.3) is 5.91 Å². The minimum Gasteiger partial charge on any atom is -0.465 e. The van der Waals surface area contributed by atoms with Crippen LogP contribution in [0.25, 0.3) is 0 Å². The van der Waals surface area contributed by atoms with Crippen LogP contribution in [0.3, 0.4) is 0 Å². The number of nitrogens with zero attached hydrogens (tertiary/aromatic N) is 2. The normalized spacial score (nSPS) is 19.4. The second kappa shape index (κ2) is 8.67. The molecule has 0 radical (unpaired) electrons. The first kappa shape index (κ1) is 22.1. The van der Waals surface area contributed by atoms with Crippen molar-refractivity contribution in [2.75, 3.05) is 20.1 Å². The van der Waals surface area contributed by atoms with Gasteiger partial charge in [-0.05, 0) is 30.2 Å². The molecule has 5 nitrogen and oxygen atoms in total. The predicted molar refractivity (Wildman–Crippen MR) is 108 cm³/mol. The number of amides is 2. The van der Waals surface area contributed by atoms with E-state index >= 15 is 0 Å². The van der Waals surface area contributed by atoms with Crippen LogP contribution in [0.15, 0.2) is 53.0 Å². The number of alkyl halides is 3. The summed E-state index contributed by atoms with van der Waals surface area (Å²) in [5.41, 5.74) is -0.112. The van der Waals surface area contributed by atoms with E-state index in [1.807, 2.05) is 30.3 Å². The zero-order valence-electron chi connectivity index (χ0n) is 16.1. The van der Waals surface area contributed by atoms with Crippen LogP contribution < -0.4 is 0 Å². The molecule has 2 unspecified atom stereocenters. The lowest BCUT2D eigenvalue weighted by molar-refractivity contribution is -0.137. The third-order valence-electron chi connectivity index (χ3n) is 5.36. The maximum absolute atomic E-state index is 13.2. The van der Waals surface area contributed by atoms with Crippen LogP contribution >= 0.6 is 15.9 Å². The SMILES string of the molecule is CN(C(=O)c1cc(Br)cc(C(F)(F)F)c1)C1CCN(C(=O)O)CC1c1ccccc1. The molecule has 0 aliphatic carbocycles.